The molecule has 1 aromatic carbocycles. The van der Waals surface area contributed by atoms with E-state index < -0.39 is 0 Å². The van der Waals surface area contributed by atoms with Crippen LogP contribution < -0.4 is 5.76 Å². The van der Waals surface area contributed by atoms with Gasteiger partial charge in [0.25, 0.3) is 0 Å². The first-order valence-electron chi connectivity index (χ1n) is 7.07. The van der Waals surface area contributed by atoms with E-state index in [2.05, 4.69) is 4.90 Å². The van der Waals surface area contributed by atoms with Crippen molar-refractivity contribution in [1.82, 2.24) is 9.47 Å². The Morgan fingerprint density at radius 3 is 3.00 bits per heavy atom. The predicted molar refractivity (Wildman–Crippen MR) is 77.0 cm³/mol. The fourth-order valence-corrected chi connectivity index (χ4v) is 2.86. The Hall–Kier alpha value is -2.08. The Morgan fingerprint density at radius 1 is 1.38 bits per heavy atom. The molecule has 21 heavy (non-hydrogen) atoms. The minimum atomic E-state index is -0.333. The van der Waals surface area contributed by atoms with Crippen LogP contribution in [0, 0.1) is 5.92 Å². The number of methoxy groups -OCH3 is 1. The van der Waals surface area contributed by atoms with Gasteiger partial charge in [0.2, 0.25) is 0 Å². The molecular formula is C15H18N2O4. The van der Waals surface area contributed by atoms with E-state index in [9.17, 15) is 9.59 Å². The molecule has 0 aliphatic carbocycles. The molecule has 0 saturated carbocycles. The normalized spacial score (nSPS) is 19.2. The third kappa shape index (κ3) is 2.71. The number of carbonyl (C=O) groups is 1. The van der Waals surface area contributed by atoms with E-state index in [0.29, 0.717) is 18.7 Å². The van der Waals surface area contributed by atoms with Crippen LogP contribution in [-0.4, -0.2) is 42.2 Å². The van der Waals surface area contributed by atoms with Gasteiger partial charge in [-0.15, -0.1) is 0 Å². The molecule has 2 heterocycles. The van der Waals surface area contributed by atoms with Crippen molar-refractivity contribution in [2.75, 3.05) is 26.7 Å². The van der Waals surface area contributed by atoms with Crippen LogP contribution in [0.15, 0.2) is 33.5 Å². The average molecular weight is 290 g/mol. The first-order chi connectivity index (χ1) is 10.2. The fraction of sp³-hybridized carbons (Fsp3) is 0.467. The maximum Gasteiger partial charge on any atom is 0.419 e. The van der Waals surface area contributed by atoms with Gasteiger partial charge in [-0.3, -0.25) is 9.36 Å². The van der Waals surface area contributed by atoms with E-state index >= 15 is 0 Å². The lowest BCUT2D eigenvalue weighted by molar-refractivity contribution is -0.144. The lowest BCUT2D eigenvalue weighted by Gasteiger charge is -2.15. The fourth-order valence-electron chi connectivity index (χ4n) is 2.86. The van der Waals surface area contributed by atoms with E-state index in [4.69, 9.17) is 9.15 Å². The quantitative estimate of drug-likeness (QED) is 0.789. The Balaban J connectivity index is 1.66. The highest BCUT2D eigenvalue weighted by atomic mass is 16.5. The van der Waals surface area contributed by atoms with Crippen molar-refractivity contribution in [3.8, 4) is 0 Å². The molecule has 0 bridgehead atoms. The second-order valence-electron chi connectivity index (χ2n) is 5.30. The molecule has 112 valence electrons. The molecule has 6 nitrogen and oxygen atoms in total. The standard InChI is InChI=1S/C15H18N2O4/c1-20-14(18)11-6-7-16(10-11)8-9-17-12-4-2-3-5-13(12)21-15(17)19/h2-5,11H,6-10H2,1H3. The van der Waals surface area contributed by atoms with Crippen molar-refractivity contribution in [3.05, 3.63) is 34.8 Å². The van der Waals surface area contributed by atoms with Gasteiger partial charge >= 0.3 is 11.7 Å². The zero-order valence-electron chi connectivity index (χ0n) is 11.9. The van der Waals surface area contributed by atoms with E-state index in [1.54, 1.807) is 10.6 Å². The molecule has 1 atom stereocenters. The maximum atomic E-state index is 11.9. The van der Waals surface area contributed by atoms with Gasteiger partial charge in [0.15, 0.2) is 5.58 Å². The summed E-state index contributed by atoms with van der Waals surface area (Å²) in [7, 11) is 1.42. The van der Waals surface area contributed by atoms with E-state index in [1.807, 2.05) is 18.2 Å². The molecule has 0 spiro atoms. The van der Waals surface area contributed by atoms with Crippen molar-refractivity contribution < 1.29 is 13.9 Å². The highest BCUT2D eigenvalue weighted by Crippen LogP contribution is 2.18. The average Bonchev–Trinajstić information content (AvgIpc) is 3.08. The lowest BCUT2D eigenvalue weighted by atomic mass is 10.1. The van der Waals surface area contributed by atoms with Crippen LogP contribution in [0.2, 0.25) is 0 Å². The van der Waals surface area contributed by atoms with Gasteiger partial charge in [-0.1, -0.05) is 12.1 Å². The van der Waals surface area contributed by atoms with Crippen molar-refractivity contribution in [3.63, 3.8) is 0 Å². The monoisotopic (exact) mass is 290 g/mol. The minimum absolute atomic E-state index is 0.0483. The molecule has 2 aromatic rings. The SMILES string of the molecule is COC(=O)C1CCN(CCn2c(=O)oc3ccccc32)C1. The summed E-state index contributed by atoms with van der Waals surface area (Å²) < 4.78 is 11.6. The number of ether oxygens (including phenoxy) is 1. The summed E-state index contributed by atoms with van der Waals surface area (Å²) in [6.07, 6.45) is 0.813. The van der Waals surface area contributed by atoms with Crippen molar-refractivity contribution >= 4 is 17.1 Å². The lowest BCUT2D eigenvalue weighted by Crippen LogP contribution is -2.29. The maximum absolute atomic E-state index is 11.9. The van der Waals surface area contributed by atoms with Crippen LogP contribution in [-0.2, 0) is 16.1 Å². The van der Waals surface area contributed by atoms with Gasteiger partial charge in [0.1, 0.15) is 0 Å². The van der Waals surface area contributed by atoms with Gasteiger partial charge in [0, 0.05) is 19.6 Å². The number of rotatable bonds is 4. The van der Waals surface area contributed by atoms with Crippen LogP contribution in [0.25, 0.3) is 11.1 Å². The number of oxazole rings is 1. The summed E-state index contributed by atoms with van der Waals surface area (Å²) in [5.74, 6) is -0.531. The number of hydrogen-bond donors (Lipinski definition) is 0. The minimum Gasteiger partial charge on any atom is -0.469 e. The Morgan fingerprint density at radius 2 is 2.19 bits per heavy atom. The molecule has 1 aliphatic heterocycles. The summed E-state index contributed by atoms with van der Waals surface area (Å²) in [6, 6.07) is 7.39. The molecule has 1 unspecified atom stereocenters. The number of benzene rings is 1. The number of carbonyl (C=O) groups excluding carboxylic acids is 1. The largest absolute Gasteiger partial charge is 0.469 e. The second-order valence-corrected chi connectivity index (χ2v) is 5.30. The summed E-state index contributed by atoms with van der Waals surface area (Å²) >= 11 is 0. The van der Waals surface area contributed by atoms with Crippen LogP contribution >= 0.6 is 0 Å². The highest BCUT2D eigenvalue weighted by Gasteiger charge is 2.28. The molecule has 1 aromatic heterocycles. The van der Waals surface area contributed by atoms with Gasteiger partial charge in [-0.05, 0) is 25.1 Å². The zero-order valence-corrected chi connectivity index (χ0v) is 11.9. The van der Waals surface area contributed by atoms with E-state index in [-0.39, 0.29) is 17.6 Å². The summed E-state index contributed by atoms with van der Waals surface area (Å²) in [5.41, 5.74) is 1.42. The predicted octanol–water partition coefficient (Wildman–Crippen LogP) is 1.09. The first-order valence-corrected chi connectivity index (χ1v) is 7.07. The third-order valence-corrected chi connectivity index (χ3v) is 4.02. The van der Waals surface area contributed by atoms with Crippen LogP contribution in [0.4, 0.5) is 0 Å². The van der Waals surface area contributed by atoms with E-state index in [1.165, 1.54) is 7.11 Å². The van der Waals surface area contributed by atoms with Crippen molar-refractivity contribution in [1.29, 1.82) is 0 Å². The zero-order chi connectivity index (χ0) is 14.8. The van der Waals surface area contributed by atoms with Gasteiger partial charge < -0.3 is 14.1 Å². The van der Waals surface area contributed by atoms with Crippen molar-refractivity contribution in [2.45, 2.75) is 13.0 Å². The molecule has 0 radical (unpaired) electrons. The molecule has 6 heteroatoms. The first kappa shape index (κ1) is 13.9. The molecule has 0 N–H and O–H groups in total. The third-order valence-electron chi connectivity index (χ3n) is 4.02. The Kier molecular flexibility index (Phi) is 3.79. The summed E-state index contributed by atoms with van der Waals surface area (Å²) in [6.45, 7) is 2.82. The number of esters is 1. The number of hydrogen-bond acceptors (Lipinski definition) is 5. The number of aromatic nitrogens is 1. The van der Waals surface area contributed by atoms with Crippen LogP contribution in [0.1, 0.15) is 6.42 Å². The topological polar surface area (TPSA) is 64.7 Å². The Labute approximate surface area is 121 Å². The Bertz CT molecular complexity index is 703. The molecular weight excluding hydrogens is 272 g/mol. The summed E-state index contributed by atoms with van der Waals surface area (Å²) in [5, 5.41) is 0. The molecule has 1 aliphatic rings. The molecule has 3 rings (SSSR count). The van der Waals surface area contributed by atoms with Crippen molar-refractivity contribution in [2.24, 2.45) is 5.92 Å². The van der Waals surface area contributed by atoms with Crippen LogP contribution in [0.3, 0.4) is 0 Å². The number of nitrogens with zero attached hydrogens (tertiary/aromatic N) is 2. The highest BCUT2D eigenvalue weighted by molar-refractivity contribution is 5.73. The van der Waals surface area contributed by atoms with E-state index in [0.717, 1.165) is 25.0 Å². The molecule has 1 saturated heterocycles. The van der Waals surface area contributed by atoms with Gasteiger partial charge in [0.05, 0.1) is 18.5 Å². The number of fused-ring (bicyclic) bond motifs is 1. The second kappa shape index (κ2) is 5.73. The molecule has 0 amide bonds. The number of para-hydroxylation sites is 2. The van der Waals surface area contributed by atoms with Gasteiger partial charge in [-0.2, -0.15) is 0 Å². The van der Waals surface area contributed by atoms with Crippen LogP contribution in [0.5, 0.6) is 0 Å². The summed E-state index contributed by atoms with van der Waals surface area (Å²) in [4.78, 5) is 25.5. The number of likely N-dealkylation sites (tertiary alicyclic amines) is 1. The van der Waals surface area contributed by atoms with Gasteiger partial charge in [-0.25, -0.2) is 4.79 Å². The molecule has 1 fully saturated rings. The smallest absolute Gasteiger partial charge is 0.419 e.